The summed E-state index contributed by atoms with van der Waals surface area (Å²) in [6.07, 6.45) is 1.68. The molecule has 1 aromatic carbocycles. The van der Waals surface area contributed by atoms with E-state index in [0.29, 0.717) is 37.7 Å². The molecule has 9 heteroatoms. The first-order valence-corrected chi connectivity index (χ1v) is 10.2. The molecule has 4 aromatic rings. The van der Waals surface area contributed by atoms with Gasteiger partial charge in [-0.05, 0) is 43.7 Å². The number of nitrogens with two attached hydrogens (primary N) is 1. The van der Waals surface area contributed by atoms with E-state index in [1.165, 1.54) is 23.5 Å². The van der Waals surface area contributed by atoms with Gasteiger partial charge in [-0.3, -0.25) is 4.79 Å². The van der Waals surface area contributed by atoms with Crippen LogP contribution in [0.25, 0.3) is 21.3 Å². The number of rotatable bonds is 5. The van der Waals surface area contributed by atoms with Crippen LogP contribution in [0.5, 0.6) is 5.88 Å². The Balaban J connectivity index is 1.72. The lowest BCUT2D eigenvalue weighted by Crippen LogP contribution is -2.15. The van der Waals surface area contributed by atoms with Gasteiger partial charge >= 0.3 is 0 Å². The number of anilines is 2. The van der Waals surface area contributed by atoms with E-state index >= 15 is 0 Å². The number of carbonyl (C=O) groups excluding carboxylic acids is 1. The topological polar surface area (TPSA) is 113 Å². The summed E-state index contributed by atoms with van der Waals surface area (Å²) in [5.74, 6) is -0.609. The van der Waals surface area contributed by atoms with Crippen molar-refractivity contribution < 1.29 is 19.4 Å². The molecule has 7 nitrogen and oxygen atoms in total. The Labute approximate surface area is 181 Å². The second kappa shape index (κ2) is 7.36. The molecule has 0 aliphatic heterocycles. The normalized spacial score (nSPS) is 11.8. The Hall–Kier alpha value is -3.43. The molecule has 0 aliphatic rings. The van der Waals surface area contributed by atoms with Crippen molar-refractivity contribution in [3.05, 3.63) is 59.5 Å². The molecule has 0 saturated heterocycles. The molecule has 5 N–H and O–H groups in total. The first-order valence-electron chi connectivity index (χ1n) is 9.43. The standard InChI is InChI=1S/C22H21FN4O3S/c1-22(2,30)11-4-5-12(15(23)8-11)17-9-14(19(24)28)20(31-17)26-18-7-6-13-16(25-18)10-27(3)21(13)29/h4-10,29-30H,1-3H3,(H2,24,28)(H,25,26). The van der Waals surface area contributed by atoms with Gasteiger partial charge in [0.05, 0.1) is 22.1 Å². The minimum Gasteiger partial charge on any atom is -0.494 e. The Morgan fingerprint density at radius 2 is 2.00 bits per heavy atom. The van der Waals surface area contributed by atoms with E-state index in [1.807, 2.05) is 0 Å². The van der Waals surface area contributed by atoms with Crippen LogP contribution in [0.2, 0.25) is 0 Å². The van der Waals surface area contributed by atoms with Crippen LogP contribution in [0.4, 0.5) is 15.2 Å². The van der Waals surface area contributed by atoms with Crippen LogP contribution in [0.15, 0.2) is 42.6 Å². The molecule has 3 aromatic heterocycles. The highest BCUT2D eigenvalue weighted by molar-refractivity contribution is 7.20. The minimum atomic E-state index is -1.17. The molecule has 0 radical (unpaired) electrons. The van der Waals surface area contributed by atoms with Gasteiger partial charge in [-0.25, -0.2) is 9.37 Å². The van der Waals surface area contributed by atoms with E-state index in [0.717, 1.165) is 0 Å². The van der Waals surface area contributed by atoms with Crippen molar-refractivity contribution in [1.29, 1.82) is 0 Å². The number of hydrogen-bond acceptors (Lipinski definition) is 6. The number of amides is 1. The SMILES string of the molecule is Cn1cc2nc(Nc3sc(-c4ccc(C(C)(C)O)cc4F)cc3C(N)=O)ccc2c1O. The van der Waals surface area contributed by atoms with E-state index in [9.17, 15) is 19.4 Å². The summed E-state index contributed by atoms with van der Waals surface area (Å²) >= 11 is 1.17. The van der Waals surface area contributed by atoms with E-state index < -0.39 is 17.3 Å². The van der Waals surface area contributed by atoms with Gasteiger partial charge in [0.2, 0.25) is 0 Å². The third-order valence-corrected chi connectivity index (χ3v) is 6.08. The molecule has 0 atom stereocenters. The molecule has 1 amide bonds. The summed E-state index contributed by atoms with van der Waals surface area (Å²) in [7, 11) is 1.71. The first-order chi connectivity index (χ1) is 14.5. The molecular formula is C22H21FN4O3S. The molecular weight excluding hydrogens is 419 g/mol. The van der Waals surface area contributed by atoms with Crippen molar-refractivity contribution in [2.24, 2.45) is 12.8 Å². The molecule has 3 heterocycles. The number of thiophene rings is 1. The van der Waals surface area contributed by atoms with E-state index in [-0.39, 0.29) is 11.4 Å². The largest absolute Gasteiger partial charge is 0.494 e. The lowest BCUT2D eigenvalue weighted by molar-refractivity contribution is 0.0782. The number of benzene rings is 1. The highest BCUT2D eigenvalue weighted by atomic mass is 32.1. The van der Waals surface area contributed by atoms with Crippen LogP contribution in [0.3, 0.4) is 0 Å². The van der Waals surface area contributed by atoms with Crippen molar-refractivity contribution in [2.75, 3.05) is 5.32 Å². The number of fused-ring (bicyclic) bond motifs is 1. The van der Waals surface area contributed by atoms with Crippen LogP contribution < -0.4 is 11.1 Å². The number of carbonyl (C=O) groups is 1. The summed E-state index contributed by atoms with van der Waals surface area (Å²) in [5, 5.41) is 24.2. The summed E-state index contributed by atoms with van der Waals surface area (Å²) in [6.45, 7) is 3.16. The lowest BCUT2D eigenvalue weighted by Gasteiger charge is -2.18. The van der Waals surface area contributed by atoms with Crippen LogP contribution in [0, 0.1) is 5.82 Å². The zero-order chi connectivity index (χ0) is 22.5. The quantitative estimate of drug-likeness (QED) is 0.371. The van der Waals surface area contributed by atoms with Crippen LogP contribution in [0.1, 0.15) is 29.8 Å². The molecule has 0 spiro atoms. The third-order valence-electron chi connectivity index (χ3n) is 5.00. The monoisotopic (exact) mass is 440 g/mol. The van der Waals surface area contributed by atoms with Gasteiger partial charge in [0, 0.05) is 23.7 Å². The molecule has 0 saturated carbocycles. The number of pyridine rings is 1. The number of nitrogens with one attached hydrogen (secondary N) is 1. The maximum atomic E-state index is 14.8. The fourth-order valence-electron chi connectivity index (χ4n) is 3.28. The minimum absolute atomic E-state index is 0.107. The molecule has 0 fully saturated rings. The Kier molecular flexibility index (Phi) is 4.95. The van der Waals surface area contributed by atoms with Gasteiger partial charge in [-0.1, -0.05) is 12.1 Å². The number of aromatic nitrogens is 2. The Morgan fingerprint density at radius 1 is 1.26 bits per heavy atom. The number of halogens is 1. The fraction of sp³-hybridized carbons (Fsp3) is 0.182. The van der Waals surface area contributed by atoms with Gasteiger partial charge in [-0.2, -0.15) is 0 Å². The molecule has 31 heavy (non-hydrogen) atoms. The zero-order valence-corrected chi connectivity index (χ0v) is 17.9. The van der Waals surface area contributed by atoms with Crippen molar-refractivity contribution in [3.63, 3.8) is 0 Å². The number of aliphatic hydroxyl groups is 1. The second-order valence-electron chi connectivity index (χ2n) is 7.79. The third kappa shape index (κ3) is 3.85. The van der Waals surface area contributed by atoms with E-state index in [1.54, 1.807) is 55.9 Å². The summed E-state index contributed by atoms with van der Waals surface area (Å²) in [4.78, 5) is 17.0. The first kappa shape index (κ1) is 20.8. The van der Waals surface area contributed by atoms with Crippen molar-refractivity contribution in [2.45, 2.75) is 19.4 Å². The van der Waals surface area contributed by atoms with Gasteiger partial charge in [0.25, 0.3) is 5.91 Å². The number of hydrogen-bond donors (Lipinski definition) is 4. The van der Waals surface area contributed by atoms with Gasteiger partial charge in [0.15, 0.2) is 5.88 Å². The van der Waals surface area contributed by atoms with E-state index in [2.05, 4.69) is 10.3 Å². The van der Waals surface area contributed by atoms with Crippen LogP contribution in [-0.4, -0.2) is 25.7 Å². The number of aromatic hydroxyl groups is 1. The Bertz CT molecular complexity index is 1320. The smallest absolute Gasteiger partial charge is 0.251 e. The predicted molar refractivity (Wildman–Crippen MR) is 119 cm³/mol. The van der Waals surface area contributed by atoms with Crippen LogP contribution in [-0.2, 0) is 12.6 Å². The number of primary amides is 1. The summed E-state index contributed by atoms with van der Waals surface area (Å²) in [6, 6.07) is 9.42. The predicted octanol–water partition coefficient (Wildman–Crippen LogP) is 4.22. The second-order valence-corrected chi connectivity index (χ2v) is 8.84. The van der Waals surface area contributed by atoms with Crippen molar-refractivity contribution >= 4 is 39.0 Å². The summed E-state index contributed by atoms with van der Waals surface area (Å²) < 4.78 is 16.3. The average Bonchev–Trinajstić information content (AvgIpc) is 3.22. The van der Waals surface area contributed by atoms with Crippen LogP contribution >= 0.6 is 11.3 Å². The molecule has 0 bridgehead atoms. The maximum absolute atomic E-state index is 14.8. The molecule has 4 rings (SSSR count). The zero-order valence-electron chi connectivity index (χ0n) is 17.1. The van der Waals surface area contributed by atoms with Gasteiger partial charge < -0.3 is 25.8 Å². The highest BCUT2D eigenvalue weighted by Gasteiger charge is 2.21. The average molecular weight is 441 g/mol. The van der Waals surface area contributed by atoms with Crippen molar-refractivity contribution in [1.82, 2.24) is 9.55 Å². The lowest BCUT2D eigenvalue weighted by atomic mass is 9.96. The number of aryl methyl sites for hydroxylation is 1. The molecule has 0 unspecified atom stereocenters. The fourth-order valence-corrected chi connectivity index (χ4v) is 4.38. The summed E-state index contributed by atoms with van der Waals surface area (Å²) in [5.41, 5.74) is 5.90. The van der Waals surface area contributed by atoms with Crippen molar-refractivity contribution in [3.8, 4) is 16.3 Å². The van der Waals surface area contributed by atoms with Gasteiger partial charge in [-0.15, -0.1) is 11.3 Å². The highest BCUT2D eigenvalue weighted by Crippen LogP contribution is 2.39. The maximum Gasteiger partial charge on any atom is 0.251 e. The molecule has 0 aliphatic carbocycles. The van der Waals surface area contributed by atoms with E-state index in [4.69, 9.17) is 5.73 Å². The Morgan fingerprint density at radius 3 is 2.65 bits per heavy atom. The number of nitrogens with zero attached hydrogens (tertiary/aromatic N) is 2. The molecule has 160 valence electrons. The van der Waals surface area contributed by atoms with Gasteiger partial charge in [0.1, 0.15) is 16.6 Å².